The number of benzene rings is 1. The molecule has 0 amide bonds. The predicted octanol–water partition coefficient (Wildman–Crippen LogP) is 3.74. The van der Waals surface area contributed by atoms with Crippen molar-refractivity contribution in [2.24, 2.45) is 5.92 Å². The van der Waals surface area contributed by atoms with E-state index >= 15 is 0 Å². The van der Waals surface area contributed by atoms with Crippen molar-refractivity contribution >= 4 is 5.69 Å². The van der Waals surface area contributed by atoms with Crippen molar-refractivity contribution in [3.8, 4) is 6.07 Å². The highest BCUT2D eigenvalue weighted by molar-refractivity contribution is 5.60. The molecule has 1 heterocycles. The fourth-order valence-corrected chi connectivity index (χ4v) is 3.24. The molecule has 1 fully saturated rings. The Bertz CT molecular complexity index is 447. The lowest BCUT2D eigenvalue weighted by Gasteiger charge is -2.35. The number of rotatable bonds is 2. The first-order chi connectivity index (χ1) is 8.61. The monoisotopic (exact) mass is 242 g/mol. The van der Waals surface area contributed by atoms with Gasteiger partial charge in [0.2, 0.25) is 0 Å². The summed E-state index contributed by atoms with van der Waals surface area (Å²) >= 11 is 0. The van der Waals surface area contributed by atoms with Crippen LogP contribution in [-0.2, 0) is 0 Å². The number of nitrogens with zero attached hydrogens (tertiary/aromatic N) is 2. The molecule has 0 aromatic heterocycles. The summed E-state index contributed by atoms with van der Waals surface area (Å²) in [6.45, 7) is 8.72. The van der Waals surface area contributed by atoms with Gasteiger partial charge in [-0.2, -0.15) is 5.26 Å². The van der Waals surface area contributed by atoms with E-state index in [1.807, 2.05) is 0 Å². The van der Waals surface area contributed by atoms with Crippen LogP contribution in [0.15, 0.2) is 12.1 Å². The summed E-state index contributed by atoms with van der Waals surface area (Å²) < 4.78 is 0. The third-order valence-corrected chi connectivity index (χ3v) is 3.85. The average molecular weight is 242 g/mol. The fraction of sp³-hybridized carbons (Fsp3) is 0.562. The van der Waals surface area contributed by atoms with Gasteiger partial charge >= 0.3 is 0 Å². The van der Waals surface area contributed by atoms with Crippen molar-refractivity contribution in [3.05, 3.63) is 28.8 Å². The molecule has 0 bridgehead atoms. The molecule has 1 aromatic rings. The predicted molar refractivity (Wildman–Crippen MR) is 75.8 cm³/mol. The molecule has 2 rings (SSSR count). The first-order valence-corrected chi connectivity index (χ1v) is 6.81. The van der Waals surface area contributed by atoms with E-state index in [2.05, 4.69) is 43.9 Å². The van der Waals surface area contributed by atoms with Gasteiger partial charge in [-0.25, -0.2) is 0 Å². The molecule has 0 spiro atoms. The van der Waals surface area contributed by atoms with Crippen molar-refractivity contribution in [1.82, 2.24) is 0 Å². The van der Waals surface area contributed by atoms with Gasteiger partial charge in [-0.1, -0.05) is 17.7 Å². The lowest BCUT2D eigenvalue weighted by molar-refractivity contribution is 0.421. The molecular formula is C16H22N2. The molecule has 1 aliphatic heterocycles. The van der Waals surface area contributed by atoms with Crippen molar-refractivity contribution in [3.63, 3.8) is 0 Å². The second-order valence-corrected chi connectivity index (χ2v) is 5.56. The van der Waals surface area contributed by atoms with E-state index in [0.29, 0.717) is 12.3 Å². The highest BCUT2D eigenvalue weighted by Gasteiger charge is 2.22. The Balaban J connectivity index is 2.24. The van der Waals surface area contributed by atoms with Gasteiger partial charge in [0.25, 0.3) is 0 Å². The summed E-state index contributed by atoms with van der Waals surface area (Å²) in [5, 5.41) is 8.85. The highest BCUT2D eigenvalue weighted by Crippen LogP contribution is 2.30. The lowest BCUT2D eigenvalue weighted by atomic mass is 9.93. The van der Waals surface area contributed by atoms with E-state index in [0.717, 1.165) is 13.1 Å². The summed E-state index contributed by atoms with van der Waals surface area (Å²) in [6.07, 6.45) is 3.10. The maximum Gasteiger partial charge on any atom is 0.0625 e. The van der Waals surface area contributed by atoms with Gasteiger partial charge in [0, 0.05) is 25.2 Å². The Hall–Kier alpha value is -1.49. The highest BCUT2D eigenvalue weighted by atomic mass is 15.1. The van der Waals surface area contributed by atoms with Crippen LogP contribution in [-0.4, -0.2) is 13.1 Å². The minimum absolute atomic E-state index is 0.545. The molecule has 2 nitrogen and oxygen atoms in total. The Morgan fingerprint density at radius 3 is 2.56 bits per heavy atom. The van der Waals surface area contributed by atoms with E-state index in [-0.39, 0.29) is 0 Å². The molecule has 0 aliphatic carbocycles. The second-order valence-electron chi connectivity index (χ2n) is 5.56. The lowest BCUT2D eigenvalue weighted by Crippen LogP contribution is -2.36. The van der Waals surface area contributed by atoms with Crippen LogP contribution in [0.3, 0.4) is 0 Å². The number of piperidine rings is 1. The summed E-state index contributed by atoms with van der Waals surface area (Å²) in [6, 6.07) is 6.84. The van der Waals surface area contributed by atoms with E-state index in [1.165, 1.54) is 35.2 Å². The quantitative estimate of drug-likeness (QED) is 0.790. The fourth-order valence-electron chi connectivity index (χ4n) is 3.24. The van der Waals surface area contributed by atoms with Gasteiger partial charge in [0.05, 0.1) is 6.07 Å². The van der Waals surface area contributed by atoms with E-state index < -0.39 is 0 Å². The first-order valence-electron chi connectivity index (χ1n) is 6.81. The standard InChI is InChI=1S/C16H22N2/c1-12-9-13(2)16(14(3)10-12)18-8-4-5-15(11-18)6-7-17/h9-10,15H,4-6,8,11H2,1-3H3. The maximum absolute atomic E-state index is 8.85. The van der Waals surface area contributed by atoms with Gasteiger partial charge in [0.15, 0.2) is 0 Å². The van der Waals surface area contributed by atoms with E-state index in [9.17, 15) is 0 Å². The minimum atomic E-state index is 0.545. The molecule has 0 N–H and O–H groups in total. The molecule has 0 saturated carbocycles. The number of hydrogen-bond donors (Lipinski definition) is 0. The van der Waals surface area contributed by atoms with Crippen LogP contribution in [0.1, 0.15) is 36.0 Å². The Morgan fingerprint density at radius 2 is 1.94 bits per heavy atom. The first kappa shape index (κ1) is 13.0. The number of nitriles is 1. The third-order valence-electron chi connectivity index (χ3n) is 3.85. The smallest absolute Gasteiger partial charge is 0.0625 e. The average Bonchev–Trinajstić information content (AvgIpc) is 2.28. The van der Waals surface area contributed by atoms with E-state index in [4.69, 9.17) is 5.26 Å². The molecule has 1 aliphatic rings. The SMILES string of the molecule is Cc1cc(C)c(N2CCCC(CC#N)C2)c(C)c1. The van der Waals surface area contributed by atoms with Crippen LogP contribution in [0, 0.1) is 38.0 Å². The summed E-state index contributed by atoms with van der Waals surface area (Å²) in [7, 11) is 0. The second kappa shape index (κ2) is 5.44. The summed E-state index contributed by atoms with van der Waals surface area (Å²) in [5.41, 5.74) is 5.46. The summed E-state index contributed by atoms with van der Waals surface area (Å²) in [5.74, 6) is 0.545. The molecule has 1 aromatic carbocycles. The zero-order chi connectivity index (χ0) is 13.1. The molecule has 18 heavy (non-hydrogen) atoms. The zero-order valence-corrected chi connectivity index (χ0v) is 11.7. The van der Waals surface area contributed by atoms with Crippen molar-refractivity contribution in [2.75, 3.05) is 18.0 Å². The normalized spacial score (nSPS) is 19.7. The van der Waals surface area contributed by atoms with E-state index in [1.54, 1.807) is 0 Å². The van der Waals surface area contributed by atoms with Crippen molar-refractivity contribution in [2.45, 2.75) is 40.0 Å². The van der Waals surface area contributed by atoms with Gasteiger partial charge in [-0.3, -0.25) is 0 Å². The Morgan fingerprint density at radius 1 is 1.28 bits per heavy atom. The molecule has 2 heteroatoms. The minimum Gasteiger partial charge on any atom is -0.371 e. The van der Waals surface area contributed by atoms with Gasteiger partial charge < -0.3 is 4.90 Å². The van der Waals surface area contributed by atoms with Gasteiger partial charge in [-0.05, 0) is 50.7 Å². The van der Waals surface area contributed by atoms with Crippen LogP contribution < -0.4 is 4.90 Å². The Kier molecular flexibility index (Phi) is 3.91. The van der Waals surface area contributed by atoms with Gasteiger partial charge in [-0.15, -0.1) is 0 Å². The molecule has 1 unspecified atom stereocenters. The van der Waals surface area contributed by atoms with Crippen LogP contribution >= 0.6 is 0 Å². The third kappa shape index (κ3) is 2.67. The van der Waals surface area contributed by atoms with Crippen molar-refractivity contribution < 1.29 is 0 Å². The summed E-state index contributed by atoms with van der Waals surface area (Å²) in [4.78, 5) is 2.48. The van der Waals surface area contributed by atoms with Gasteiger partial charge in [0.1, 0.15) is 0 Å². The Labute approximate surface area is 110 Å². The maximum atomic E-state index is 8.85. The number of anilines is 1. The molecule has 96 valence electrons. The number of hydrogen-bond acceptors (Lipinski definition) is 2. The molecule has 0 radical (unpaired) electrons. The molecule has 1 atom stereocenters. The molecular weight excluding hydrogens is 220 g/mol. The largest absolute Gasteiger partial charge is 0.371 e. The van der Waals surface area contributed by atoms with Crippen LogP contribution in [0.5, 0.6) is 0 Å². The number of aryl methyl sites for hydroxylation is 3. The van der Waals surface area contributed by atoms with Crippen LogP contribution in [0.4, 0.5) is 5.69 Å². The van der Waals surface area contributed by atoms with Crippen LogP contribution in [0.2, 0.25) is 0 Å². The zero-order valence-electron chi connectivity index (χ0n) is 11.7. The molecule has 1 saturated heterocycles. The van der Waals surface area contributed by atoms with Crippen LogP contribution in [0.25, 0.3) is 0 Å². The van der Waals surface area contributed by atoms with Crippen molar-refractivity contribution in [1.29, 1.82) is 5.26 Å². The topological polar surface area (TPSA) is 27.0 Å².